The first kappa shape index (κ1) is 16.1. The number of nitrogens with zero attached hydrogens (tertiary/aromatic N) is 1. The molecule has 1 aromatic heterocycles. The maximum atomic E-state index is 12.1. The molecule has 0 saturated heterocycles. The van der Waals surface area contributed by atoms with Crippen molar-refractivity contribution in [1.29, 1.82) is 0 Å². The smallest absolute Gasteiger partial charge is 0.422 e. The maximum absolute atomic E-state index is 12.1. The van der Waals surface area contributed by atoms with Crippen LogP contribution in [0.1, 0.15) is 19.2 Å². The van der Waals surface area contributed by atoms with Crippen molar-refractivity contribution in [2.24, 2.45) is 0 Å². The highest BCUT2D eigenvalue weighted by Gasteiger charge is 2.28. The van der Waals surface area contributed by atoms with Crippen LogP contribution in [-0.2, 0) is 6.42 Å². The van der Waals surface area contributed by atoms with Crippen LogP contribution in [-0.4, -0.2) is 22.8 Å². The predicted molar refractivity (Wildman–Crippen MR) is 75.8 cm³/mol. The van der Waals surface area contributed by atoms with Crippen LogP contribution in [0.25, 0.3) is 11.1 Å². The van der Waals surface area contributed by atoms with Crippen LogP contribution in [0.5, 0.6) is 5.75 Å². The Morgan fingerprint density at radius 1 is 1.23 bits per heavy atom. The van der Waals surface area contributed by atoms with E-state index in [0.29, 0.717) is 23.4 Å². The number of alkyl halides is 3. The number of aryl methyl sites for hydroxylation is 1. The Labute approximate surface area is 125 Å². The second-order valence-electron chi connectivity index (χ2n) is 4.75. The van der Waals surface area contributed by atoms with Gasteiger partial charge in [-0.1, -0.05) is 19.1 Å². The number of nitrogens with one attached hydrogen (secondary N) is 1. The van der Waals surface area contributed by atoms with Gasteiger partial charge in [-0.05, 0) is 24.1 Å². The lowest BCUT2D eigenvalue weighted by atomic mass is 10.1. The van der Waals surface area contributed by atoms with Gasteiger partial charge >= 0.3 is 6.18 Å². The number of rotatable bonds is 5. The summed E-state index contributed by atoms with van der Waals surface area (Å²) in [5.41, 5.74) is 0.654. The average Bonchev–Trinajstić information content (AvgIpc) is 2.46. The molecule has 118 valence electrons. The summed E-state index contributed by atoms with van der Waals surface area (Å²) in [6.45, 7) is 0.633. The minimum absolute atomic E-state index is 0.0908. The molecule has 1 heterocycles. The summed E-state index contributed by atoms with van der Waals surface area (Å²) < 4.78 is 40.8. The van der Waals surface area contributed by atoms with E-state index in [2.05, 4.69) is 14.7 Å². The van der Waals surface area contributed by atoms with Gasteiger partial charge in [0.15, 0.2) is 6.61 Å². The standard InChI is InChI=1S/C15H15F3N2O2/c1-2-3-13-19-8-12(14(21)20-13)10-4-6-11(7-5-10)22-9-15(16,17)18/h4-8H,2-3,9H2,1H3,(H,19,20,21). The number of aromatic nitrogens is 2. The van der Waals surface area contributed by atoms with Crippen molar-refractivity contribution in [2.75, 3.05) is 6.61 Å². The van der Waals surface area contributed by atoms with Gasteiger partial charge in [0.2, 0.25) is 0 Å². The van der Waals surface area contributed by atoms with Crippen molar-refractivity contribution in [1.82, 2.24) is 9.97 Å². The Kier molecular flexibility index (Phi) is 4.85. The van der Waals surface area contributed by atoms with Gasteiger partial charge in [-0.25, -0.2) is 4.98 Å². The zero-order valence-corrected chi connectivity index (χ0v) is 11.9. The molecule has 0 atom stereocenters. The Bertz CT molecular complexity index is 678. The first-order valence-electron chi connectivity index (χ1n) is 6.77. The fraction of sp³-hybridized carbons (Fsp3) is 0.333. The van der Waals surface area contributed by atoms with E-state index >= 15 is 0 Å². The maximum Gasteiger partial charge on any atom is 0.422 e. The Morgan fingerprint density at radius 3 is 2.45 bits per heavy atom. The lowest BCUT2D eigenvalue weighted by molar-refractivity contribution is -0.153. The summed E-state index contributed by atoms with van der Waals surface area (Å²) in [7, 11) is 0. The average molecular weight is 312 g/mol. The highest BCUT2D eigenvalue weighted by atomic mass is 19.4. The molecular weight excluding hydrogens is 297 g/mol. The topological polar surface area (TPSA) is 55.0 Å². The van der Waals surface area contributed by atoms with Crippen LogP contribution in [0.15, 0.2) is 35.3 Å². The van der Waals surface area contributed by atoms with Crippen molar-refractivity contribution < 1.29 is 17.9 Å². The fourth-order valence-corrected chi connectivity index (χ4v) is 1.90. The van der Waals surface area contributed by atoms with Crippen LogP contribution in [0.4, 0.5) is 13.2 Å². The minimum Gasteiger partial charge on any atom is -0.484 e. The number of halogens is 3. The van der Waals surface area contributed by atoms with Gasteiger partial charge < -0.3 is 9.72 Å². The molecular formula is C15H15F3N2O2. The molecule has 1 N–H and O–H groups in total. The van der Waals surface area contributed by atoms with E-state index in [0.717, 1.165) is 6.42 Å². The van der Waals surface area contributed by atoms with Gasteiger partial charge in [0.05, 0.1) is 5.56 Å². The van der Waals surface area contributed by atoms with Crippen LogP contribution in [0.3, 0.4) is 0 Å². The van der Waals surface area contributed by atoms with E-state index < -0.39 is 12.8 Å². The van der Waals surface area contributed by atoms with Gasteiger partial charge in [0, 0.05) is 12.6 Å². The highest BCUT2D eigenvalue weighted by molar-refractivity contribution is 5.62. The zero-order chi connectivity index (χ0) is 16.2. The number of ether oxygens (including phenoxy) is 1. The first-order chi connectivity index (χ1) is 10.4. The van der Waals surface area contributed by atoms with E-state index in [1.54, 1.807) is 0 Å². The van der Waals surface area contributed by atoms with E-state index in [1.165, 1.54) is 30.5 Å². The normalized spacial score (nSPS) is 11.5. The molecule has 0 aliphatic heterocycles. The molecule has 0 amide bonds. The summed E-state index contributed by atoms with van der Waals surface area (Å²) in [5, 5.41) is 0. The second kappa shape index (κ2) is 6.64. The Morgan fingerprint density at radius 2 is 1.91 bits per heavy atom. The molecule has 0 bridgehead atoms. The molecule has 4 nitrogen and oxygen atoms in total. The van der Waals surface area contributed by atoms with Crippen molar-refractivity contribution in [3.05, 3.63) is 46.6 Å². The lowest BCUT2D eigenvalue weighted by Crippen LogP contribution is -2.19. The zero-order valence-electron chi connectivity index (χ0n) is 11.9. The van der Waals surface area contributed by atoms with E-state index in [4.69, 9.17) is 0 Å². The summed E-state index contributed by atoms with van der Waals surface area (Å²) in [6, 6.07) is 5.83. The van der Waals surface area contributed by atoms with Crippen molar-refractivity contribution in [3.63, 3.8) is 0 Å². The van der Waals surface area contributed by atoms with Crippen molar-refractivity contribution in [2.45, 2.75) is 25.9 Å². The lowest BCUT2D eigenvalue weighted by Gasteiger charge is -2.09. The molecule has 0 fully saturated rings. The van der Waals surface area contributed by atoms with Crippen molar-refractivity contribution in [3.8, 4) is 16.9 Å². The summed E-state index contributed by atoms with van der Waals surface area (Å²) >= 11 is 0. The number of benzene rings is 1. The van der Waals surface area contributed by atoms with Gasteiger partial charge in [-0.15, -0.1) is 0 Å². The van der Waals surface area contributed by atoms with Gasteiger partial charge in [-0.3, -0.25) is 4.79 Å². The van der Waals surface area contributed by atoms with Crippen LogP contribution >= 0.6 is 0 Å². The molecule has 0 spiro atoms. The van der Waals surface area contributed by atoms with Crippen molar-refractivity contribution >= 4 is 0 Å². The Balaban J connectivity index is 2.15. The monoisotopic (exact) mass is 312 g/mol. The van der Waals surface area contributed by atoms with Crippen LogP contribution in [0.2, 0.25) is 0 Å². The van der Waals surface area contributed by atoms with E-state index in [9.17, 15) is 18.0 Å². The molecule has 2 aromatic rings. The third-order valence-corrected chi connectivity index (χ3v) is 2.91. The number of H-pyrrole nitrogens is 1. The highest BCUT2D eigenvalue weighted by Crippen LogP contribution is 2.22. The van der Waals surface area contributed by atoms with Gasteiger partial charge in [0.25, 0.3) is 5.56 Å². The molecule has 0 unspecified atom stereocenters. The molecule has 1 aromatic carbocycles. The quantitative estimate of drug-likeness (QED) is 0.921. The number of aromatic amines is 1. The molecule has 0 aliphatic rings. The van der Waals surface area contributed by atoms with Crippen LogP contribution in [0, 0.1) is 0 Å². The van der Waals surface area contributed by atoms with Gasteiger partial charge in [0.1, 0.15) is 11.6 Å². The molecule has 0 aliphatic carbocycles. The SMILES string of the molecule is CCCc1ncc(-c2ccc(OCC(F)(F)F)cc2)c(=O)[nH]1. The molecule has 22 heavy (non-hydrogen) atoms. The summed E-state index contributed by atoms with van der Waals surface area (Å²) in [6.07, 6.45) is -1.36. The third kappa shape index (κ3) is 4.34. The van der Waals surface area contributed by atoms with Crippen LogP contribution < -0.4 is 10.3 Å². The second-order valence-corrected chi connectivity index (χ2v) is 4.75. The van der Waals surface area contributed by atoms with E-state index in [1.807, 2.05) is 6.92 Å². The molecule has 0 saturated carbocycles. The summed E-state index contributed by atoms with van der Waals surface area (Å²) in [4.78, 5) is 18.8. The van der Waals surface area contributed by atoms with Gasteiger partial charge in [-0.2, -0.15) is 13.2 Å². The predicted octanol–water partition coefficient (Wildman–Crippen LogP) is 3.33. The number of hydrogen-bond acceptors (Lipinski definition) is 3. The fourth-order valence-electron chi connectivity index (χ4n) is 1.90. The Hall–Kier alpha value is -2.31. The third-order valence-electron chi connectivity index (χ3n) is 2.91. The first-order valence-corrected chi connectivity index (χ1v) is 6.77. The van der Waals surface area contributed by atoms with E-state index in [-0.39, 0.29) is 11.3 Å². The summed E-state index contributed by atoms with van der Waals surface area (Å²) in [5.74, 6) is 0.703. The molecule has 2 rings (SSSR count). The largest absolute Gasteiger partial charge is 0.484 e. The minimum atomic E-state index is -4.38. The molecule has 0 radical (unpaired) electrons. The molecule has 7 heteroatoms. The number of hydrogen-bond donors (Lipinski definition) is 1.